The molecule has 0 spiro atoms. The molecule has 0 unspecified atom stereocenters. The predicted molar refractivity (Wildman–Crippen MR) is 77.7 cm³/mol. The van der Waals surface area contributed by atoms with Crippen LogP contribution < -0.4 is 5.32 Å². The van der Waals surface area contributed by atoms with Crippen LogP contribution in [0.5, 0.6) is 0 Å². The van der Waals surface area contributed by atoms with Crippen molar-refractivity contribution in [2.24, 2.45) is 5.92 Å². The van der Waals surface area contributed by atoms with Gasteiger partial charge in [0, 0.05) is 22.1 Å². The van der Waals surface area contributed by atoms with Gasteiger partial charge in [0.15, 0.2) is 0 Å². The van der Waals surface area contributed by atoms with Gasteiger partial charge in [0.2, 0.25) is 0 Å². The summed E-state index contributed by atoms with van der Waals surface area (Å²) in [4.78, 5) is 11.9. The summed E-state index contributed by atoms with van der Waals surface area (Å²) in [5.41, 5.74) is 0.639. The number of carbonyl (C=O) groups excluding carboxylic acids is 1. The average molecular weight is 377 g/mol. The first-order chi connectivity index (χ1) is 8.66. The molecule has 1 aliphatic rings. The van der Waals surface area contributed by atoms with Crippen molar-refractivity contribution in [3.63, 3.8) is 0 Å². The molecule has 1 aromatic carbocycles. The molecule has 0 saturated heterocycles. The van der Waals surface area contributed by atoms with E-state index in [0.717, 1.165) is 21.5 Å². The van der Waals surface area contributed by atoms with E-state index >= 15 is 0 Å². The van der Waals surface area contributed by atoms with E-state index in [9.17, 15) is 4.79 Å². The number of nitrogens with one attached hydrogen (secondary N) is 1. The van der Waals surface area contributed by atoms with Crippen LogP contribution >= 0.6 is 31.9 Å². The second-order valence-electron chi connectivity index (χ2n) is 4.40. The summed E-state index contributed by atoms with van der Waals surface area (Å²) >= 11 is 6.73. The van der Waals surface area contributed by atoms with E-state index in [4.69, 9.17) is 4.74 Å². The number of amides is 1. The summed E-state index contributed by atoms with van der Waals surface area (Å²) in [5, 5.41) is 2.84. The summed E-state index contributed by atoms with van der Waals surface area (Å²) in [6, 6.07) is 5.50. The average Bonchev–Trinajstić information content (AvgIpc) is 3.12. The quantitative estimate of drug-likeness (QED) is 0.773. The van der Waals surface area contributed by atoms with Crippen LogP contribution in [-0.2, 0) is 4.74 Å². The van der Waals surface area contributed by atoms with Gasteiger partial charge in [-0.3, -0.25) is 4.79 Å². The minimum absolute atomic E-state index is 0.0793. The summed E-state index contributed by atoms with van der Waals surface area (Å²) in [6.45, 7) is 1.96. The van der Waals surface area contributed by atoms with E-state index in [1.807, 2.05) is 12.1 Å². The molecule has 0 heterocycles. The molecule has 1 N–H and O–H groups in total. The molecular weight excluding hydrogens is 362 g/mol. The zero-order valence-electron chi connectivity index (χ0n) is 9.92. The van der Waals surface area contributed by atoms with Crippen molar-refractivity contribution >= 4 is 37.8 Å². The van der Waals surface area contributed by atoms with Crippen LogP contribution in [0.2, 0.25) is 0 Å². The molecule has 1 aliphatic carbocycles. The second-order valence-corrected chi connectivity index (χ2v) is 6.17. The molecule has 0 bridgehead atoms. The molecule has 3 nitrogen and oxygen atoms in total. The van der Waals surface area contributed by atoms with E-state index in [0.29, 0.717) is 18.7 Å². The molecule has 2 rings (SSSR count). The van der Waals surface area contributed by atoms with E-state index in [-0.39, 0.29) is 5.91 Å². The van der Waals surface area contributed by atoms with E-state index < -0.39 is 0 Å². The molecule has 98 valence electrons. The first kappa shape index (κ1) is 14.0. The van der Waals surface area contributed by atoms with Gasteiger partial charge in [-0.1, -0.05) is 15.9 Å². The van der Waals surface area contributed by atoms with Gasteiger partial charge < -0.3 is 10.1 Å². The minimum Gasteiger partial charge on any atom is -0.379 e. The summed E-state index contributed by atoms with van der Waals surface area (Å²) in [5.74, 6) is 0.686. The topological polar surface area (TPSA) is 38.3 Å². The van der Waals surface area contributed by atoms with Crippen molar-refractivity contribution in [1.82, 2.24) is 5.32 Å². The molecule has 18 heavy (non-hydrogen) atoms. The summed E-state index contributed by atoms with van der Waals surface area (Å²) < 4.78 is 7.19. The lowest BCUT2D eigenvalue weighted by Crippen LogP contribution is -2.27. The molecule has 0 radical (unpaired) electrons. The molecule has 1 aromatic rings. The lowest BCUT2D eigenvalue weighted by Gasteiger charge is -2.07. The second kappa shape index (κ2) is 6.68. The highest BCUT2D eigenvalue weighted by molar-refractivity contribution is 9.11. The number of hydrogen-bond acceptors (Lipinski definition) is 2. The van der Waals surface area contributed by atoms with Crippen LogP contribution in [0.4, 0.5) is 0 Å². The molecular formula is C13H15Br2NO2. The van der Waals surface area contributed by atoms with E-state index in [1.165, 1.54) is 12.8 Å². The third-order valence-electron chi connectivity index (χ3n) is 2.76. The van der Waals surface area contributed by atoms with Crippen molar-refractivity contribution in [3.8, 4) is 0 Å². The van der Waals surface area contributed by atoms with Gasteiger partial charge in [-0.15, -0.1) is 0 Å². The van der Waals surface area contributed by atoms with Crippen molar-refractivity contribution < 1.29 is 9.53 Å². The van der Waals surface area contributed by atoms with Crippen molar-refractivity contribution in [3.05, 3.63) is 32.7 Å². The lowest BCUT2D eigenvalue weighted by molar-refractivity contribution is 0.0906. The number of hydrogen-bond donors (Lipinski definition) is 1. The van der Waals surface area contributed by atoms with Crippen molar-refractivity contribution in [1.29, 1.82) is 0 Å². The van der Waals surface area contributed by atoms with Gasteiger partial charge >= 0.3 is 0 Å². The van der Waals surface area contributed by atoms with E-state index in [1.54, 1.807) is 6.07 Å². The Kier molecular flexibility index (Phi) is 5.21. The van der Waals surface area contributed by atoms with Crippen molar-refractivity contribution in [2.45, 2.75) is 12.8 Å². The van der Waals surface area contributed by atoms with Gasteiger partial charge in [0.05, 0.1) is 12.2 Å². The molecule has 5 heteroatoms. The first-order valence-corrected chi connectivity index (χ1v) is 7.56. The Balaban J connectivity index is 1.72. The van der Waals surface area contributed by atoms with E-state index in [2.05, 4.69) is 37.2 Å². The zero-order chi connectivity index (χ0) is 13.0. The highest BCUT2D eigenvalue weighted by atomic mass is 79.9. The zero-order valence-corrected chi connectivity index (χ0v) is 13.1. The SMILES string of the molecule is O=C(NCCOCC1CC1)c1ccc(Br)cc1Br. The van der Waals surface area contributed by atoms with Crippen molar-refractivity contribution in [2.75, 3.05) is 19.8 Å². The molecule has 1 saturated carbocycles. The Morgan fingerprint density at radius 3 is 2.83 bits per heavy atom. The number of carbonyl (C=O) groups is 1. The maximum absolute atomic E-state index is 11.9. The first-order valence-electron chi connectivity index (χ1n) is 5.98. The predicted octanol–water partition coefficient (Wildman–Crippen LogP) is 3.37. The van der Waals surface area contributed by atoms with Crippen LogP contribution in [0.1, 0.15) is 23.2 Å². The van der Waals surface area contributed by atoms with Gasteiger partial charge in [0.25, 0.3) is 5.91 Å². The number of benzene rings is 1. The molecule has 1 amide bonds. The lowest BCUT2D eigenvalue weighted by atomic mass is 10.2. The standard InChI is InChI=1S/C13H15Br2NO2/c14-10-3-4-11(12(15)7-10)13(17)16-5-6-18-8-9-1-2-9/h3-4,7,9H,1-2,5-6,8H2,(H,16,17). The monoisotopic (exact) mass is 375 g/mol. The van der Waals surface area contributed by atoms with Crippen LogP contribution in [0.15, 0.2) is 27.1 Å². The Hall–Kier alpha value is -0.390. The molecule has 0 aromatic heterocycles. The van der Waals surface area contributed by atoms with Gasteiger partial charge in [-0.05, 0) is 52.9 Å². The van der Waals surface area contributed by atoms with Crippen LogP contribution in [-0.4, -0.2) is 25.7 Å². The van der Waals surface area contributed by atoms with Gasteiger partial charge in [-0.25, -0.2) is 0 Å². The Morgan fingerprint density at radius 2 is 2.17 bits per heavy atom. The molecule has 0 aliphatic heterocycles. The normalized spacial score (nSPS) is 14.6. The Labute approximate surface area is 124 Å². The highest BCUT2D eigenvalue weighted by Gasteiger charge is 2.20. The largest absolute Gasteiger partial charge is 0.379 e. The van der Waals surface area contributed by atoms with Crippen LogP contribution in [0.25, 0.3) is 0 Å². The third kappa shape index (κ3) is 4.37. The fraction of sp³-hybridized carbons (Fsp3) is 0.462. The Morgan fingerprint density at radius 1 is 1.39 bits per heavy atom. The number of halogens is 2. The fourth-order valence-electron chi connectivity index (χ4n) is 1.54. The highest BCUT2D eigenvalue weighted by Crippen LogP contribution is 2.28. The smallest absolute Gasteiger partial charge is 0.252 e. The number of rotatable bonds is 6. The molecule has 0 atom stereocenters. The fourth-order valence-corrected chi connectivity index (χ4v) is 2.77. The Bertz CT molecular complexity index is 433. The van der Waals surface area contributed by atoms with Crippen LogP contribution in [0, 0.1) is 5.92 Å². The van der Waals surface area contributed by atoms with Gasteiger partial charge in [0.1, 0.15) is 0 Å². The summed E-state index contributed by atoms with van der Waals surface area (Å²) in [6.07, 6.45) is 2.58. The maximum Gasteiger partial charge on any atom is 0.252 e. The minimum atomic E-state index is -0.0793. The van der Waals surface area contributed by atoms with Crippen LogP contribution in [0.3, 0.4) is 0 Å². The number of ether oxygens (including phenoxy) is 1. The third-order valence-corrected chi connectivity index (χ3v) is 3.91. The maximum atomic E-state index is 11.9. The molecule has 1 fully saturated rings. The summed E-state index contributed by atoms with van der Waals surface area (Å²) in [7, 11) is 0. The van der Waals surface area contributed by atoms with Gasteiger partial charge in [-0.2, -0.15) is 0 Å².